The van der Waals surface area contributed by atoms with Crippen LogP contribution < -0.4 is 10.1 Å². The quantitative estimate of drug-likeness (QED) is 0.764. The number of aliphatic hydroxyl groups excluding tert-OH is 1. The van der Waals surface area contributed by atoms with Crippen LogP contribution in [0, 0.1) is 5.82 Å². The average molecular weight is 291 g/mol. The molecule has 0 spiro atoms. The SMILES string of the molecule is CCc1ccc(Oc2ccc(NCCO)cc2F)c(O)c1. The minimum Gasteiger partial charge on any atom is -0.504 e. The number of halogens is 1. The summed E-state index contributed by atoms with van der Waals surface area (Å²) in [4.78, 5) is 0. The van der Waals surface area contributed by atoms with Gasteiger partial charge in [-0.2, -0.15) is 0 Å². The molecule has 3 N–H and O–H groups in total. The number of benzene rings is 2. The van der Waals surface area contributed by atoms with E-state index in [4.69, 9.17) is 9.84 Å². The van der Waals surface area contributed by atoms with Crippen molar-refractivity contribution in [3.8, 4) is 17.2 Å². The summed E-state index contributed by atoms with van der Waals surface area (Å²) >= 11 is 0. The first-order chi connectivity index (χ1) is 10.1. The van der Waals surface area contributed by atoms with Gasteiger partial charge < -0.3 is 20.3 Å². The molecule has 2 rings (SSSR count). The maximum Gasteiger partial charge on any atom is 0.169 e. The van der Waals surface area contributed by atoms with Gasteiger partial charge in [0.05, 0.1) is 6.61 Å². The number of hydrogen-bond donors (Lipinski definition) is 3. The highest BCUT2D eigenvalue weighted by Gasteiger charge is 2.09. The Kier molecular flexibility index (Phi) is 5.00. The van der Waals surface area contributed by atoms with Gasteiger partial charge in [0, 0.05) is 18.3 Å². The Morgan fingerprint density at radius 3 is 2.52 bits per heavy atom. The van der Waals surface area contributed by atoms with E-state index in [0.29, 0.717) is 12.2 Å². The molecule has 0 aliphatic carbocycles. The fraction of sp³-hybridized carbons (Fsp3) is 0.250. The normalized spacial score (nSPS) is 10.4. The number of aryl methyl sites for hydroxylation is 1. The molecule has 0 saturated carbocycles. The van der Waals surface area contributed by atoms with Gasteiger partial charge in [-0.25, -0.2) is 4.39 Å². The number of phenolic OH excluding ortho intramolecular Hbond substituents is 1. The Balaban J connectivity index is 2.16. The highest BCUT2D eigenvalue weighted by molar-refractivity contribution is 5.50. The van der Waals surface area contributed by atoms with Crippen molar-refractivity contribution in [2.45, 2.75) is 13.3 Å². The van der Waals surface area contributed by atoms with Gasteiger partial charge in [0.2, 0.25) is 0 Å². The summed E-state index contributed by atoms with van der Waals surface area (Å²) < 4.78 is 19.3. The predicted octanol–water partition coefficient (Wildman–Crippen LogP) is 3.29. The zero-order valence-corrected chi connectivity index (χ0v) is 11.8. The molecule has 0 saturated heterocycles. The number of aliphatic hydroxyl groups is 1. The van der Waals surface area contributed by atoms with Crippen molar-refractivity contribution in [1.82, 2.24) is 0 Å². The van der Waals surface area contributed by atoms with Gasteiger partial charge >= 0.3 is 0 Å². The van der Waals surface area contributed by atoms with Crippen LogP contribution in [0.5, 0.6) is 17.2 Å². The van der Waals surface area contributed by atoms with E-state index in [2.05, 4.69) is 5.32 Å². The molecule has 0 atom stereocenters. The van der Waals surface area contributed by atoms with Gasteiger partial charge in [-0.3, -0.25) is 0 Å². The first kappa shape index (κ1) is 15.1. The summed E-state index contributed by atoms with van der Waals surface area (Å²) in [6.07, 6.45) is 0.799. The third-order valence-electron chi connectivity index (χ3n) is 3.02. The summed E-state index contributed by atoms with van der Waals surface area (Å²) in [7, 11) is 0. The van der Waals surface area contributed by atoms with Crippen LogP contribution in [0.2, 0.25) is 0 Å². The van der Waals surface area contributed by atoms with Gasteiger partial charge in [-0.15, -0.1) is 0 Å². The smallest absolute Gasteiger partial charge is 0.169 e. The monoisotopic (exact) mass is 291 g/mol. The van der Waals surface area contributed by atoms with E-state index in [-0.39, 0.29) is 23.9 Å². The highest BCUT2D eigenvalue weighted by Crippen LogP contribution is 2.33. The largest absolute Gasteiger partial charge is 0.504 e. The molecule has 5 heteroatoms. The molecule has 21 heavy (non-hydrogen) atoms. The van der Waals surface area contributed by atoms with Crippen molar-refractivity contribution >= 4 is 5.69 Å². The topological polar surface area (TPSA) is 61.7 Å². The molecule has 0 aromatic heterocycles. The van der Waals surface area contributed by atoms with Crippen molar-refractivity contribution in [2.75, 3.05) is 18.5 Å². The predicted molar refractivity (Wildman–Crippen MR) is 79.5 cm³/mol. The molecular formula is C16H18FNO3. The summed E-state index contributed by atoms with van der Waals surface area (Å²) in [6, 6.07) is 9.44. The molecule has 0 heterocycles. The third-order valence-corrected chi connectivity index (χ3v) is 3.02. The zero-order valence-electron chi connectivity index (χ0n) is 11.8. The lowest BCUT2D eigenvalue weighted by Crippen LogP contribution is -2.05. The number of aromatic hydroxyl groups is 1. The second-order valence-electron chi connectivity index (χ2n) is 4.55. The standard InChI is InChI=1S/C16H18FNO3/c1-2-11-3-5-16(14(20)9-11)21-15-6-4-12(10-13(15)17)18-7-8-19/h3-6,9-10,18-20H,2,7-8H2,1H3. The van der Waals surface area contributed by atoms with Crippen LogP contribution in [0.4, 0.5) is 10.1 Å². The molecule has 0 unspecified atom stereocenters. The first-order valence-electron chi connectivity index (χ1n) is 6.78. The molecule has 2 aromatic rings. The van der Waals surface area contributed by atoms with E-state index < -0.39 is 5.82 Å². The zero-order chi connectivity index (χ0) is 15.2. The van der Waals surface area contributed by atoms with E-state index in [9.17, 15) is 9.50 Å². The number of anilines is 1. The number of nitrogens with one attached hydrogen (secondary N) is 1. The van der Waals surface area contributed by atoms with Crippen LogP contribution in [-0.2, 0) is 6.42 Å². The van der Waals surface area contributed by atoms with Gasteiger partial charge in [0.1, 0.15) is 0 Å². The summed E-state index contributed by atoms with van der Waals surface area (Å²) in [5.74, 6) is -0.320. The van der Waals surface area contributed by atoms with Crippen LogP contribution in [0.3, 0.4) is 0 Å². The van der Waals surface area contributed by atoms with E-state index >= 15 is 0 Å². The van der Waals surface area contributed by atoms with E-state index in [1.165, 1.54) is 12.1 Å². The van der Waals surface area contributed by atoms with Crippen molar-refractivity contribution in [2.24, 2.45) is 0 Å². The fourth-order valence-corrected chi connectivity index (χ4v) is 1.88. The maximum atomic E-state index is 13.9. The first-order valence-corrected chi connectivity index (χ1v) is 6.78. The maximum absolute atomic E-state index is 13.9. The Bertz CT molecular complexity index is 616. The molecule has 0 fully saturated rings. The van der Waals surface area contributed by atoms with Crippen molar-refractivity contribution in [3.05, 3.63) is 47.8 Å². The molecule has 0 radical (unpaired) electrons. The Labute approximate surface area is 122 Å². The minimum absolute atomic E-state index is 0.0174. The molecule has 0 amide bonds. The van der Waals surface area contributed by atoms with Gasteiger partial charge in [0.25, 0.3) is 0 Å². The molecule has 0 aliphatic rings. The summed E-state index contributed by atoms with van der Waals surface area (Å²) in [5, 5.41) is 21.4. The van der Waals surface area contributed by atoms with Crippen LogP contribution in [0.25, 0.3) is 0 Å². The van der Waals surface area contributed by atoms with Crippen molar-refractivity contribution < 1.29 is 19.3 Å². The second-order valence-corrected chi connectivity index (χ2v) is 4.55. The lowest BCUT2D eigenvalue weighted by Gasteiger charge is -2.11. The number of phenols is 1. The van der Waals surface area contributed by atoms with E-state index in [1.54, 1.807) is 18.2 Å². The Morgan fingerprint density at radius 1 is 1.14 bits per heavy atom. The van der Waals surface area contributed by atoms with Gasteiger partial charge in [0.15, 0.2) is 23.1 Å². The minimum atomic E-state index is -0.545. The van der Waals surface area contributed by atoms with Gasteiger partial charge in [-0.05, 0) is 36.2 Å². The second kappa shape index (κ2) is 6.95. The van der Waals surface area contributed by atoms with Crippen LogP contribution in [0.1, 0.15) is 12.5 Å². The lowest BCUT2D eigenvalue weighted by molar-refractivity contribution is 0.311. The molecule has 0 aliphatic heterocycles. The Hall–Kier alpha value is -2.27. The average Bonchev–Trinajstić information content (AvgIpc) is 2.49. The summed E-state index contributed by atoms with van der Waals surface area (Å²) in [6.45, 7) is 2.30. The van der Waals surface area contributed by atoms with Gasteiger partial charge in [-0.1, -0.05) is 13.0 Å². The number of ether oxygens (including phenoxy) is 1. The van der Waals surface area contributed by atoms with Crippen LogP contribution >= 0.6 is 0 Å². The molecule has 2 aromatic carbocycles. The molecular weight excluding hydrogens is 273 g/mol. The lowest BCUT2D eigenvalue weighted by atomic mass is 10.1. The number of hydrogen-bond acceptors (Lipinski definition) is 4. The Morgan fingerprint density at radius 2 is 1.90 bits per heavy atom. The van der Waals surface area contributed by atoms with E-state index in [0.717, 1.165) is 12.0 Å². The van der Waals surface area contributed by atoms with Crippen molar-refractivity contribution in [3.63, 3.8) is 0 Å². The summed E-state index contributed by atoms with van der Waals surface area (Å²) in [5.41, 5.74) is 1.53. The molecule has 112 valence electrons. The molecule has 4 nitrogen and oxygen atoms in total. The van der Waals surface area contributed by atoms with Crippen molar-refractivity contribution in [1.29, 1.82) is 0 Å². The van der Waals surface area contributed by atoms with Crippen LogP contribution in [-0.4, -0.2) is 23.4 Å². The third kappa shape index (κ3) is 3.86. The molecule has 0 bridgehead atoms. The highest BCUT2D eigenvalue weighted by atomic mass is 19.1. The fourth-order valence-electron chi connectivity index (χ4n) is 1.88. The van der Waals surface area contributed by atoms with Crippen LogP contribution in [0.15, 0.2) is 36.4 Å². The number of rotatable bonds is 6. The van der Waals surface area contributed by atoms with E-state index in [1.807, 2.05) is 13.0 Å².